The molecule has 3 aromatic rings. The Hall–Kier alpha value is -4.04. The molecular formula is C29H28N4O. The van der Waals surface area contributed by atoms with E-state index in [0.717, 1.165) is 5.57 Å². The third-order valence-corrected chi connectivity index (χ3v) is 6.65. The molecule has 0 atom stereocenters. The van der Waals surface area contributed by atoms with E-state index < -0.39 is 5.41 Å². The molecule has 5 heteroatoms. The van der Waals surface area contributed by atoms with Gasteiger partial charge in [-0.2, -0.15) is 5.26 Å². The van der Waals surface area contributed by atoms with E-state index in [0.29, 0.717) is 43.6 Å². The van der Waals surface area contributed by atoms with Gasteiger partial charge in [0.2, 0.25) is 0 Å². The number of aromatic nitrogens is 2. The highest BCUT2D eigenvalue weighted by Crippen LogP contribution is 2.37. The SMILES string of the molecule is C=C/C=C\C(C(=O)N1CCC(C#N)(Cc2cccc3ccccc23)CC1)=C(/C)c1ccncn1. The smallest absolute Gasteiger partial charge is 0.254 e. The summed E-state index contributed by atoms with van der Waals surface area (Å²) in [6, 6.07) is 19.0. The maximum absolute atomic E-state index is 13.5. The standard InChI is InChI=1S/C29H28N4O/c1-3-4-11-25(22(2)27-13-16-31-21-32-27)28(34)33-17-14-29(20-30,15-18-33)19-24-10-7-9-23-8-5-6-12-26(23)24/h3-13,16,21H,1,14-15,17-19H2,2H3/b11-4-,25-22-. The van der Waals surface area contributed by atoms with Gasteiger partial charge in [0.15, 0.2) is 0 Å². The Morgan fingerprint density at radius 3 is 2.65 bits per heavy atom. The van der Waals surface area contributed by atoms with Crippen LogP contribution in [-0.4, -0.2) is 33.9 Å². The zero-order chi connectivity index (χ0) is 24.0. The molecule has 0 bridgehead atoms. The van der Waals surface area contributed by atoms with E-state index in [9.17, 15) is 10.1 Å². The number of nitrogens with zero attached hydrogens (tertiary/aromatic N) is 4. The molecule has 34 heavy (non-hydrogen) atoms. The molecule has 0 N–H and O–H groups in total. The Morgan fingerprint density at radius 1 is 1.18 bits per heavy atom. The predicted molar refractivity (Wildman–Crippen MR) is 135 cm³/mol. The van der Waals surface area contributed by atoms with Gasteiger partial charge in [-0.1, -0.05) is 61.2 Å². The van der Waals surface area contributed by atoms with E-state index in [2.05, 4.69) is 52.9 Å². The van der Waals surface area contributed by atoms with Gasteiger partial charge < -0.3 is 4.90 Å². The van der Waals surface area contributed by atoms with Gasteiger partial charge in [-0.05, 0) is 60.2 Å². The van der Waals surface area contributed by atoms with E-state index in [-0.39, 0.29) is 5.91 Å². The summed E-state index contributed by atoms with van der Waals surface area (Å²) < 4.78 is 0. The molecule has 1 aliphatic rings. The van der Waals surface area contributed by atoms with Crippen LogP contribution >= 0.6 is 0 Å². The van der Waals surface area contributed by atoms with Crippen molar-refractivity contribution in [2.24, 2.45) is 5.41 Å². The molecule has 2 heterocycles. The summed E-state index contributed by atoms with van der Waals surface area (Å²) in [4.78, 5) is 23.6. The average Bonchev–Trinajstić information content (AvgIpc) is 2.90. The van der Waals surface area contributed by atoms with Gasteiger partial charge >= 0.3 is 0 Å². The molecule has 170 valence electrons. The van der Waals surface area contributed by atoms with Crippen molar-refractivity contribution in [1.29, 1.82) is 5.26 Å². The normalized spacial score (nSPS) is 16.2. The Bertz CT molecular complexity index is 1290. The molecule has 1 saturated heterocycles. The van der Waals surface area contributed by atoms with Crippen molar-refractivity contribution in [3.8, 4) is 6.07 Å². The number of benzene rings is 2. The predicted octanol–water partition coefficient (Wildman–Crippen LogP) is 5.52. The maximum atomic E-state index is 13.5. The summed E-state index contributed by atoms with van der Waals surface area (Å²) in [7, 11) is 0. The summed E-state index contributed by atoms with van der Waals surface area (Å²) in [6.07, 6.45) is 10.3. The number of hydrogen-bond acceptors (Lipinski definition) is 4. The number of fused-ring (bicyclic) bond motifs is 1. The second-order valence-electron chi connectivity index (χ2n) is 8.73. The van der Waals surface area contributed by atoms with Gasteiger partial charge in [-0.15, -0.1) is 0 Å². The van der Waals surface area contributed by atoms with Crippen molar-refractivity contribution in [2.75, 3.05) is 13.1 Å². The van der Waals surface area contributed by atoms with Crippen molar-refractivity contribution in [2.45, 2.75) is 26.2 Å². The summed E-state index contributed by atoms with van der Waals surface area (Å²) >= 11 is 0. The number of carbonyl (C=O) groups is 1. The molecule has 1 fully saturated rings. The molecule has 0 spiro atoms. The van der Waals surface area contributed by atoms with Crippen LogP contribution in [-0.2, 0) is 11.2 Å². The first kappa shape index (κ1) is 23.1. The first-order valence-electron chi connectivity index (χ1n) is 11.5. The van der Waals surface area contributed by atoms with Crippen molar-refractivity contribution in [3.63, 3.8) is 0 Å². The van der Waals surface area contributed by atoms with Crippen LogP contribution in [0.3, 0.4) is 0 Å². The molecule has 0 radical (unpaired) electrons. The number of rotatable bonds is 6. The summed E-state index contributed by atoms with van der Waals surface area (Å²) in [5, 5.41) is 12.5. The largest absolute Gasteiger partial charge is 0.339 e. The van der Waals surface area contributed by atoms with Crippen LogP contribution in [0, 0.1) is 16.7 Å². The fourth-order valence-electron chi connectivity index (χ4n) is 4.62. The van der Waals surface area contributed by atoms with Gasteiger partial charge in [0.05, 0.1) is 17.2 Å². The molecular weight excluding hydrogens is 420 g/mol. The summed E-state index contributed by atoms with van der Waals surface area (Å²) in [5.41, 5.74) is 2.79. The first-order valence-corrected chi connectivity index (χ1v) is 11.5. The Balaban J connectivity index is 1.55. The van der Waals surface area contributed by atoms with Crippen molar-refractivity contribution in [3.05, 3.63) is 103 Å². The first-order chi connectivity index (χ1) is 16.6. The summed E-state index contributed by atoms with van der Waals surface area (Å²) in [5.74, 6) is -0.0501. The molecule has 5 nitrogen and oxygen atoms in total. The lowest BCUT2D eigenvalue weighted by Gasteiger charge is -2.38. The quantitative estimate of drug-likeness (QED) is 0.368. The number of amides is 1. The number of likely N-dealkylation sites (tertiary alicyclic amines) is 1. The van der Waals surface area contributed by atoms with Gasteiger partial charge in [0.1, 0.15) is 6.33 Å². The minimum absolute atomic E-state index is 0.0501. The van der Waals surface area contributed by atoms with E-state index in [1.165, 1.54) is 22.7 Å². The van der Waals surface area contributed by atoms with Gasteiger partial charge in [0.25, 0.3) is 5.91 Å². The van der Waals surface area contributed by atoms with E-state index >= 15 is 0 Å². The van der Waals surface area contributed by atoms with Crippen LogP contribution in [0.5, 0.6) is 0 Å². The lowest BCUT2D eigenvalue weighted by Crippen LogP contribution is -2.44. The second kappa shape index (κ2) is 10.3. The Labute approximate surface area is 200 Å². The lowest BCUT2D eigenvalue weighted by atomic mass is 9.74. The zero-order valence-corrected chi connectivity index (χ0v) is 19.4. The Kier molecular flexibility index (Phi) is 6.98. The van der Waals surface area contributed by atoms with E-state index in [1.54, 1.807) is 30.5 Å². The van der Waals surface area contributed by atoms with E-state index in [4.69, 9.17) is 0 Å². The molecule has 1 aliphatic heterocycles. The van der Waals surface area contributed by atoms with Gasteiger partial charge in [-0.3, -0.25) is 4.79 Å². The monoisotopic (exact) mass is 448 g/mol. The van der Waals surface area contributed by atoms with Crippen LogP contribution in [0.25, 0.3) is 16.3 Å². The van der Waals surface area contributed by atoms with Crippen molar-refractivity contribution >= 4 is 22.3 Å². The molecule has 0 saturated carbocycles. The van der Waals surface area contributed by atoms with Crippen LogP contribution in [0.4, 0.5) is 0 Å². The highest BCUT2D eigenvalue weighted by molar-refractivity contribution is 6.03. The van der Waals surface area contributed by atoms with Crippen molar-refractivity contribution in [1.82, 2.24) is 14.9 Å². The number of allylic oxidation sites excluding steroid dienone is 3. The zero-order valence-electron chi connectivity index (χ0n) is 19.4. The third-order valence-electron chi connectivity index (χ3n) is 6.65. The molecule has 2 aromatic carbocycles. The van der Waals surface area contributed by atoms with Crippen LogP contribution < -0.4 is 0 Å². The Morgan fingerprint density at radius 2 is 1.94 bits per heavy atom. The molecule has 4 rings (SSSR count). The number of nitriles is 1. The van der Waals surface area contributed by atoms with Gasteiger partial charge in [-0.25, -0.2) is 9.97 Å². The fraction of sp³-hybridized carbons (Fsp3) is 0.241. The number of hydrogen-bond donors (Lipinski definition) is 0. The van der Waals surface area contributed by atoms with E-state index in [1.807, 2.05) is 24.0 Å². The van der Waals surface area contributed by atoms with Crippen LogP contribution in [0.1, 0.15) is 31.0 Å². The molecule has 1 aromatic heterocycles. The minimum Gasteiger partial charge on any atom is -0.339 e. The third kappa shape index (κ3) is 4.82. The number of carbonyl (C=O) groups excluding carboxylic acids is 1. The topological polar surface area (TPSA) is 69.9 Å². The van der Waals surface area contributed by atoms with Gasteiger partial charge in [0, 0.05) is 24.9 Å². The van der Waals surface area contributed by atoms with Crippen LogP contribution in [0.15, 0.2) is 91.4 Å². The molecule has 1 amide bonds. The maximum Gasteiger partial charge on any atom is 0.254 e. The average molecular weight is 449 g/mol. The highest BCUT2D eigenvalue weighted by Gasteiger charge is 2.37. The van der Waals surface area contributed by atoms with Crippen molar-refractivity contribution < 1.29 is 4.79 Å². The highest BCUT2D eigenvalue weighted by atomic mass is 16.2. The fourth-order valence-corrected chi connectivity index (χ4v) is 4.62. The molecule has 0 unspecified atom stereocenters. The van der Waals surface area contributed by atoms with Crippen LogP contribution in [0.2, 0.25) is 0 Å². The number of piperidine rings is 1. The molecule has 0 aliphatic carbocycles. The second-order valence-corrected chi connectivity index (χ2v) is 8.73. The summed E-state index contributed by atoms with van der Waals surface area (Å²) in [6.45, 7) is 6.71. The minimum atomic E-state index is -0.483. The lowest BCUT2D eigenvalue weighted by molar-refractivity contribution is -0.128.